The first kappa shape index (κ1) is 17.9. The van der Waals surface area contributed by atoms with Crippen LogP contribution >= 0.6 is 0 Å². The standard InChI is InChI=1S/C20H25NO3/c1-23-18-13-12-17(16-19(18)24-2)10-6-4-3-5-8-14-21-15-9-7-11-20(21)22/h8,12-14,16H,3-5,7,9,11,15H2,1-2H3/b14-8+. The van der Waals surface area contributed by atoms with Gasteiger partial charge >= 0.3 is 0 Å². The number of hydrogen-bond acceptors (Lipinski definition) is 3. The van der Waals surface area contributed by atoms with Crippen molar-refractivity contribution >= 4 is 5.91 Å². The highest BCUT2D eigenvalue weighted by Gasteiger charge is 2.14. The third-order valence-electron chi connectivity index (χ3n) is 3.93. The molecule has 0 bridgehead atoms. The molecule has 0 radical (unpaired) electrons. The van der Waals surface area contributed by atoms with Gasteiger partial charge in [0.05, 0.1) is 14.2 Å². The van der Waals surface area contributed by atoms with Gasteiger partial charge in [0.25, 0.3) is 0 Å². The zero-order valence-corrected chi connectivity index (χ0v) is 14.5. The molecule has 0 saturated carbocycles. The lowest BCUT2D eigenvalue weighted by Crippen LogP contribution is -2.30. The molecule has 0 aliphatic carbocycles. The maximum Gasteiger partial charge on any atom is 0.226 e. The molecule has 1 amide bonds. The number of likely N-dealkylation sites (tertiary alicyclic amines) is 1. The number of unbranched alkanes of at least 4 members (excludes halogenated alkanes) is 2. The van der Waals surface area contributed by atoms with Crippen LogP contribution in [0.1, 0.15) is 44.1 Å². The largest absolute Gasteiger partial charge is 0.493 e. The summed E-state index contributed by atoms with van der Waals surface area (Å²) in [6.45, 7) is 0.856. The van der Waals surface area contributed by atoms with Gasteiger partial charge in [-0.2, -0.15) is 0 Å². The molecule has 0 N–H and O–H groups in total. The van der Waals surface area contributed by atoms with Crippen molar-refractivity contribution in [3.05, 3.63) is 36.0 Å². The lowest BCUT2D eigenvalue weighted by atomic mass is 10.1. The number of rotatable bonds is 6. The summed E-state index contributed by atoms with van der Waals surface area (Å²) in [6, 6.07) is 5.67. The first-order valence-corrected chi connectivity index (χ1v) is 8.41. The van der Waals surface area contributed by atoms with E-state index in [0.717, 1.165) is 44.2 Å². The van der Waals surface area contributed by atoms with E-state index in [0.29, 0.717) is 17.9 Å². The van der Waals surface area contributed by atoms with E-state index in [2.05, 4.69) is 17.9 Å². The highest BCUT2D eigenvalue weighted by molar-refractivity contribution is 5.77. The molecule has 4 nitrogen and oxygen atoms in total. The van der Waals surface area contributed by atoms with Crippen LogP contribution in [0.3, 0.4) is 0 Å². The van der Waals surface area contributed by atoms with Crippen LogP contribution in [-0.2, 0) is 4.79 Å². The van der Waals surface area contributed by atoms with E-state index < -0.39 is 0 Å². The van der Waals surface area contributed by atoms with Crippen LogP contribution in [0.4, 0.5) is 0 Å². The summed E-state index contributed by atoms with van der Waals surface area (Å²) >= 11 is 0. The fourth-order valence-corrected chi connectivity index (χ4v) is 2.57. The molecule has 1 aliphatic heterocycles. The van der Waals surface area contributed by atoms with E-state index in [9.17, 15) is 4.79 Å². The molecule has 1 heterocycles. The summed E-state index contributed by atoms with van der Waals surface area (Å²) in [5.41, 5.74) is 0.919. The molecule has 24 heavy (non-hydrogen) atoms. The topological polar surface area (TPSA) is 38.8 Å². The van der Waals surface area contributed by atoms with Crippen LogP contribution in [0.15, 0.2) is 30.5 Å². The van der Waals surface area contributed by atoms with Crippen molar-refractivity contribution in [2.45, 2.75) is 38.5 Å². The molecule has 128 valence electrons. The third-order valence-corrected chi connectivity index (χ3v) is 3.93. The van der Waals surface area contributed by atoms with Gasteiger partial charge in [0.15, 0.2) is 11.5 Å². The monoisotopic (exact) mass is 327 g/mol. The number of benzene rings is 1. The molecule has 2 rings (SSSR count). The number of nitrogens with zero attached hydrogens (tertiary/aromatic N) is 1. The summed E-state index contributed by atoms with van der Waals surface area (Å²) in [5.74, 6) is 7.96. The summed E-state index contributed by atoms with van der Waals surface area (Å²) < 4.78 is 10.5. The first-order chi connectivity index (χ1) is 11.7. The number of piperidine rings is 1. The zero-order valence-electron chi connectivity index (χ0n) is 14.5. The van der Waals surface area contributed by atoms with Gasteiger partial charge < -0.3 is 14.4 Å². The van der Waals surface area contributed by atoms with E-state index in [1.165, 1.54) is 0 Å². The fourth-order valence-electron chi connectivity index (χ4n) is 2.57. The molecule has 4 heteroatoms. The average molecular weight is 327 g/mol. The lowest BCUT2D eigenvalue weighted by Gasteiger charge is -2.22. The van der Waals surface area contributed by atoms with Gasteiger partial charge in [-0.05, 0) is 43.9 Å². The van der Waals surface area contributed by atoms with Crippen LogP contribution in [0, 0.1) is 11.8 Å². The van der Waals surface area contributed by atoms with E-state index in [4.69, 9.17) is 9.47 Å². The van der Waals surface area contributed by atoms with Crippen molar-refractivity contribution in [1.29, 1.82) is 0 Å². The van der Waals surface area contributed by atoms with Crippen LogP contribution in [0.2, 0.25) is 0 Å². The van der Waals surface area contributed by atoms with Gasteiger partial charge in [-0.3, -0.25) is 4.79 Å². The van der Waals surface area contributed by atoms with Gasteiger partial charge in [-0.15, -0.1) is 0 Å². The number of carbonyl (C=O) groups is 1. The molecule has 0 atom stereocenters. The second-order valence-corrected chi connectivity index (χ2v) is 5.69. The van der Waals surface area contributed by atoms with E-state index in [1.807, 2.05) is 29.3 Å². The Kier molecular flexibility index (Phi) is 7.22. The number of methoxy groups -OCH3 is 2. The Bertz CT molecular complexity index is 640. The van der Waals surface area contributed by atoms with Gasteiger partial charge in [0.1, 0.15) is 0 Å². The Labute approximate surface area is 144 Å². The normalized spacial score (nSPS) is 14.4. The van der Waals surface area contributed by atoms with E-state index >= 15 is 0 Å². The Hall–Kier alpha value is -2.41. The maximum absolute atomic E-state index is 11.6. The molecule has 1 aromatic rings. The van der Waals surface area contributed by atoms with Crippen molar-refractivity contribution in [3.8, 4) is 23.3 Å². The summed E-state index contributed by atoms with van der Waals surface area (Å²) in [5, 5.41) is 0. The van der Waals surface area contributed by atoms with Crippen LogP contribution < -0.4 is 9.47 Å². The zero-order chi connectivity index (χ0) is 17.2. The van der Waals surface area contributed by atoms with E-state index in [1.54, 1.807) is 14.2 Å². The maximum atomic E-state index is 11.6. The van der Waals surface area contributed by atoms with Gasteiger partial charge in [0.2, 0.25) is 5.91 Å². The molecule has 1 fully saturated rings. The fraction of sp³-hybridized carbons (Fsp3) is 0.450. The molecular weight excluding hydrogens is 302 g/mol. The van der Waals surface area contributed by atoms with Crippen molar-refractivity contribution in [1.82, 2.24) is 4.90 Å². The summed E-state index contributed by atoms with van der Waals surface area (Å²) in [7, 11) is 3.24. The minimum Gasteiger partial charge on any atom is -0.493 e. The number of hydrogen-bond donors (Lipinski definition) is 0. The van der Waals surface area contributed by atoms with Crippen LogP contribution in [0.25, 0.3) is 0 Å². The van der Waals surface area contributed by atoms with Crippen molar-refractivity contribution in [3.63, 3.8) is 0 Å². The Morgan fingerprint density at radius 2 is 2.04 bits per heavy atom. The molecule has 1 aliphatic rings. The number of allylic oxidation sites excluding steroid dienone is 1. The third kappa shape index (κ3) is 5.34. The molecule has 0 aromatic heterocycles. The van der Waals surface area contributed by atoms with Crippen molar-refractivity contribution in [2.24, 2.45) is 0 Å². The SMILES string of the molecule is COc1ccc(C#CCCC/C=C/N2CCCCC2=O)cc1OC. The smallest absolute Gasteiger partial charge is 0.226 e. The van der Waals surface area contributed by atoms with Gasteiger partial charge in [0, 0.05) is 31.1 Å². The summed E-state index contributed by atoms with van der Waals surface area (Å²) in [4.78, 5) is 13.5. The van der Waals surface area contributed by atoms with Crippen molar-refractivity contribution < 1.29 is 14.3 Å². The van der Waals surface area contributed by atoms with Gasteiger partial charge in [-0.25, -0.2) is 0 Å². The molecule has 1 saturated heterocycles. The average Bonchev–Trinajstić information content (AvgIpc) is 2.62. The molecule has 0 spiro atoms. The first-order valence-electron chi connectivity index (χ1n) is 8.41. The van der Waals surface area contributed by atoms with Crippen LogP contribution in [-0.4, -0.2) is 31.6 Å². The highest BCUT2D eigenvalue weighted by Crippen LogP contribution is 2.27. The Morgan fingerprint density at radius 1 is 1.21 bits per heavy atom. The number of amides is 1. The van der Waals surface area contributed by atoms with Crippen molar-refractivity contribution in [2.75, 3.05) is 20.8 Å². The number of carbonyl (C=O) groups excluding carboxylic acids is 1. The second kappa shape index (κ2) is 9.67. The predicted molar refractivity (Wildman–Crippen MR) is 95.0 cm³/mol. The minimum absolute atomic E-state index is 0.241. The molecule has 1 aromatic carbocycles. The van der Waals surface area contributed by atoms with Crippen LogP contribution in [0.5, 0.6) is 11.5 Å². The second-order valence-electron chi connectivity index (χ2n) is 5.69. The summed E-state index contributed by atoms with van der Waals surface area (Å²) in [6.07, 6.45) is 9.56. The minimum atomic E-state index is 0.241. The predicted octanol–water partition coefficient (Wildman–Crippen LogP) is 3.75. The highest BCUT2D eigenvalue weighted by atomic mass is 16.5. The Morgan fingerprint density at radius 3 is 2.79 bits per heavy atom. The quantitative estimate of drug-likeness (QED) is 0.590. The Balaban J connectivity index is 1.75. The lowest BCUT2D eigenvalue weighted by molar-refractivity contribution is -0.130. The number of ether oxygens (including phenoxy) is 2. The van der Waals surface area contributed by atoms with E-state index in [-0.39, 0.29) is 5.91 Å². The molecule has 0 unspecified atom stereocenters. The van der Waals surface area contributed by atoms with Gasteiger partial charge in [-0.1, -0.05) is 17.9 Å². The molecular formula is C20H25NO3.